The zero-order valence-electron chi connectivity index (χ0n) is 23.7. The summed E-state index contributed by atoms with van der Waals surface area (Å²) in [7, 11) is 0. The van der Waals surface area contributed by atoms with Crippen LogP contribution < -0.4 is 10.1 Å². The van der Waals surface area contributed by atoms with E-state index in [9.17, 15) is 41.0 Å². The lowest BCUT2D eigenvalue weighted by molar-refractivity contribution is -0.143. The number of aliphatic carboxylic acids is 1. The van der Waals surface area contributed by atoms with Crippen molar-refractivity contribution in [2.24, 2.45) is 0 Å². The number of rotatable bonds is 9. The lowest BCUT2D eigenvalue weighted by atomic mass is 10.0. The molecule has 0 fully saturated rings. The topological polar surface area (TPSA) is 88.5 Å². The quantitative estimate of drug-likeness (QED) is 0.158. The molecule has 0 spiro atoms. The average molecular weight is 639 g/mol. The minimum absolute atomic E-state index is 0.0429. The molecule has 6 nitrogen and oxygen atoms in total. The van der Waals surface area contributed by atoms with Crippen molar-refractivity contribution in [1.29, 1.82) is 0 Å². The summed E-state index contributed by atoms with van der Waals surface area (Å²) in [6.07, 6.45) is -10.4. The molecule has 5 aromatic rings. The van der Waals surface area contributed by atoms with Crippen molar-refractivity contribution >= 4 is 22.8 Å². The van der Waals surface area contributed by atoms with E-state index in [0.29, 0.717) is 35.4 Å². The van der Waals surface area contributed by atoms with E-state index in [0.717, 1.165) is 5.56 Å². The van der Waals surface area contributed by atoms with Gasteiger partial charge in [0.15, 0.2) is 0 Å². The summed E-state index contributed by atoms with van der Waals surface area (Å²) in [5.41, 5.74) is -1.58. The summed E-state index contributed by atoms with van der Waals surface area (Å²) >= 11 is 0. The number of carboxylic acids is 1. The Kier molecular flexibility index (Phi) is 8.99. The molecule has 0 aliphatic rings. The third kappa shape index (κ3) is 7.81. The van der Waals surface area contributed by atoms with E-state index in [1.165, 1.54) is 30.3 Å². The van der Waals surface area contributed by atoms with Crippen LogP contribution in [0.4, 0.5) is 26.3 Å². The summed E-state index contributed by atoms with van der Waals surface area (Å²) in [4.78, 5) is 29.0. The SMILES string of the molecule is O=C(O)CC(NC(=O)c1ccc2nc(-c3cc(C(F)(F)F)cc(C(F)(F)F)c3)ccc2c1)c1ccc(OCc2ccccc2)cc1. The van der Waals surface area contributed by atoms with Crippen molar-refractivity contribution in [3.63, 3.8) is 0 Å². The Morgan fingerprint density at radius 2 is 1.43 bits per heavy atom. The summed E-state index contributed by atoms with van der Waals surface area (Å²) in [5.74, 6) is -1.20. The smallest absolute Gasteiger partial charge is 0.416 e. The summed E-state index contributed by atoms with van der Waals surface area (Å²) in [6, 6.07) is 23.4. The number of nitrogens with zero attached hydrogens (tertiary/aromatic N) is 1. The number of halogens is 6. The minimum Gasteiger partial charge on any atom is -0.489 e. The lowest BCUT2D eigenvalue weighted by Gasteiger charge is -2.18. The molecule has 236 valence electrons. The van der Waals surface area contributed by atoms with E-state index < -0.39 is 47.8 Å². The fourth-order valence-corrected chi connectivity index (χ4v) is 4.74. The van der Waals surface area contributed by atoms with Crippen LogP contribution in [0.2, 0.25) is 0 Å². The second-order valence-corrected chi connectivity index (χ2v) is 10.4. The average Bonchev–Trinajstić information content (AvgIpc) is 3.02. The Labute approximate surface area is 258 Å². The number of nitrogens with one attached hydrogen (secondary N) is 1. The van der Waals surface area contributed by atoms with Gasteiger partial charge in [-0.3, -0.25) is 9.59 Å². The number of ether oxygens (including phenoxy) is 1. The third-order valence-electron chi connectivity index (χ3n) is 7.05. The number of carbonyl (C=O) groups excluding carboxylic acids is 1. The molecule has 0 saturated carbocycles. The molecule has 1 unspecified atom stereocenters. The van der Waals surface area contributed by atoms with Gasteiger partial charge in [0.1, 0.15) is 12.4 Å². The standard InChI is InChI=1S/C34H24F6N2O4/c35-33(36,37)25-15-24(16-26(17-25)34(38,39)40)29-12-8-22-14-23(9-13-28(22)41-29)32(45)42-30(18-31(43)44)21-6-10-27(11-7-21)46-19-20-4-2-1-3-5-20/h1-17,30H,18-19H2,(H,42,45)(H,43,44). The normalized spacial score (nSPS) is 12.5. The van der Waals surface area contributed by atoms with Crippen LogP contribution in [0.3, 0.4) is 0 Å². The van der Waals surface area contributed by atoms with Crippen LogP contribution in [0.15, 0.2) is 103 Å². The number of carbonyl (C=O) groups is 2. The van der Waals surface area contributed by atoms with Gasteiger partial charge in [-0.15, -0.1) is 0 Å². The number of hydrogen-bond donors (Lipinski definition) is 2. The molecule has 2 N–H and O–H groups in total. The molecule has 1 heterocycles. The highest BCUT2D eigenvalue weighted by molar-refractivity contribution is 5.98. The van der Waals surface area contributed by atoms with Gasteiger partial charge in [0.25, 0.3) is 5.91 Å². The second-order valence-electron chi connectivity index (χ2n) is 10.4. The molecule has 0 bridgehead atoms. The predicted molar refractivity (Wildman–Crippen MR) is 157 cm³/mol. The van der Waals surface area contributed by atoms with E-state index >= 15 is 0 Å². The van der Waals surface area contributed by atoms with Gasteiger partial charge in [-0.05, 0) is 65.7 Å². The largest absolute Gasteiger partial charge is 0.489 e. The van der Waals surface area contributed by atoms with Crippen molar-refractivity contribution in [1.82, 2.24) is 10.3 Å². The minimum atomic E-state index is -5.01. The summed E-state index contributed by atoms with van der Waals surface area (Å²) in [5, 5.41) is 12.6. The molecular formula is C34H24F6N2O4. The van der Waals surface area contributed by atoms with Gasteiger partial charge in [0.05, 0.1) is 34.8 Å². The number of amides is 1. The van der Waals surface area contributed by atoms with E-state index in [1.54, 1.807) is 24.3 Å². The first-order valence-corrected chi connectivity index (χ1v) is 13.8. The summed E-state index contributed by atoms with van der Waals surface area (Å²) < 4.78 is 85.8. The zero-order valence-corrected chi connectivity index (χ0v) is 23.7. The van der Waals surface area contributed by atoms with Crippen molar-refractivity contribution < 1.29 is 45.8 Å². The van der Waals surface area contributed by atoms with Crippen LogP contribution in [0, 0.1) is 0 Å². The molecular weight excluding hydrogens is 614 g/mol. The molecule has 0 aliphatic carbocycles. The third-order valence-corrected chi connectivity index (χ3v) is 7.05. The van der Waals surface area contributed by atoms with Crippen molar-refractivity contribution in [3.05, 3.63) is 131 Å². The number of aromatic nitrogens is 1. The fourth-order valence-electron chi connectivity index (χ4n) is 4.74. The molecule has 0 saturated heterocycles. The van der Waals surface area contributed by atoms with Crippen molar-refractivity contribution in [2.45, 2.75) is 31.4 Å². The van der Waals surface area contributed by atoms with Gasteiger partial charge < -0.3 is 15.2 Å². The zero-order chi connectivity index (χ0) is 33.1. The maximum atomic E-state index is 13.3. The Morgan fingerprint density at radius 1 is 0.783 bits per heavy atom. The second kappa shape index (κ2) is 12.9. The molecule has 12 heteroatoms. The molecule has 5 rings (SSSR count). The first-order chi connectivity index (χ1) is 21.8. The van der Waals surface area contributed by atoms with Crippen LogP contribution >= 0.6 is 0 Å². The Morgan fingerprint density at radius 3 is 2.04 bits per heavy atom. The predicted octanol–water partition coefficient (Wildman–Crippen LogP) is 8.46. The fraction of sp³-hybridized carbons (Fsp3) is 0.147. The van der Waals surface area contributed by atoms with Crippen LogP contribution in [-0.4, -0.2) is 22.0 Å². The number of fused-ring (bicyclic) bond motifs is 1. The van der Waals surface area contributed by atoms with Gasteiger partial charge in [-0.25, -0.2) is 4.98 Å². The number of pyridine rings is 1. The molecule has 1 aromatic heterocycles. The molecule has 4 aromatic carbocycles. The first-order valence-electron chi connectivity index (χ1n) is 13.8. The van der Waals surface area contributed by atoms with E-state index in [-0.39, 0.29) is 28.4 Å². The number of hydrogen-bond acceptors (Lipinski definition) is 4. The van der Waals surface area contributed by atoms with Crippen LogP contribution in [0.5, 0.6) is 5.75 Å². The van der Waals surface area contributed by atoms with Gasteiger partial charge >= 0.3 is 18.3 Å². The van der Waals surface area contributed by atoms with Crippen LogP contribution in [0.25, 0.3) is 22.2 Å². The lowest BCUT2D eigenvalue weighted by Crippen LogP contribution is -2.30. The molecule has 0 radical (unpaired) electrons. The van der Waals surface area contributed by atoms with Gasteiger partial charge in [-0.2, -0.15) is 26.3 Å². The summed E-state index contributed by atoms with van der Waals surface area (Å²) in [6.45, 7) is 0.336. The van der Waals surface area contributed by atoms with Gasteiger partial charge in [0, 0.05) is 16.5 Å². The Hall–Kier alpha value is -5.39. The van der Waals surface area contributed by atoms with Crippen LogP contribution in [0.1, 0.15) is 45.1 Å². The number of carboxylic acid groups (broad SMARTS) is 1. The molecule has 0 aliphatic heterocycles. The van der Waals surface area contributed by atoms with E-state index in [1.807, 2.05) is 30.3 Å². The van der Waals surface area contributed by atoms with Crippen molar-refractivity contribution in [2.75, 3.05) is 0 Å². The van der Waals surface area contributed by atoms with E-state index in [4.69, 9.17) is 4.74 Å². The first kappa shape index (κ1) is 32.0. The molecule has 1 atom stereocenters. The van der Waals surface area contributed by atoms with Gasteiger partial charge in [-0.1, -0.05) is 48.5 Å². The maximum Gasteiger partial charge on any atom is 0.416 e. The number of alkyl halides is 6. The molecule has 46 heavy (non-hydrogen) atoms. The highest BCUT2D eigenvalue weighted by atomic mass is 19.4. The van der Waals surface area contributed by atoms with E-state index in [2.05, 4.69) is 10.3 Å². The Bertz CT molecular complexity index is 1840. The highest BCUT2D eigenvalue weighted by Crippen LogP contribution is 2.38. The monoisotopic (exact) mass is 638 g/mol. The van der Waals surface area contributed by atoms with Gasteiger partial charge in [0.2, 0.25) is 0 Å². The van der Waals surface area contributed by atoms with Crippen molar-refractivity contribution in [3.8, 4) is 17.0 Å². The number of benzene rings is 4. The Balaban J connectivity index is 1.35. The van der Waals surface area contributed by atoms with Crippen LogP contribution in [-0.2, 0) is 23.8 Å². The highest BCUT2D eigenvalue weighted by Gasteiger charge is 2.37. The maximum absolute atomic E-state index is 13.3. The molecule has 1 amide bonds.